The van der Waals surface area contributed by atoms with Crippen molar-refractivity contribution in [2.75, 3.05) is 12.3 Å². The Morgan fingerprint density at radius 1 is 1.15 bits per heavy atom. The topological polar surface area (TPSA) is 102 Å². The molecule has 0 aliphatic rings. The van der Waals surface area contributed by atoms with Crippen molar-refractivity contribution in [1.29, 1.82) is 5.26 Å². The zero-order valence-corrected chi connectivity index (χ0v) is 14.8. The number of amides is 2. The number of aromatic hydroxyl groups is 1. The highest BCUT2D eigenvalue weighted by Crippen LogP contribution is 2.14. The van der Waals surface area contributed by atoms with Crippen LogP contribution in [-0.2, 0) is 10.5 Å². The summed E-state index contributed by atoms with van der Waals surface area (Å²) in [7, 11) is 0. The minimum atomic E-state index is -0.785. The van der Waals surface area contributed by atoms with E-state index in [2.05, 4.69) is 10.6 Å². The van der Waals surface area contributed by atoms with Crippen molar-refractivity contribution in [3.8, 4) is 11.8 Å². The Labute approximate surface area is 156 Å². The first-order valence-corrected chi connectivity index (χ1v) is 9.12. The number of phenolic OH excluding ortho intramolecular Hbond substituents is 1. The molecule has 26 heavy (non-hydrogen) atoms. The highest BCUT2D eigenvalue weighted by molar-refractivity contribution is 7.98. The van der Waals surface area contributed by atoms with Crippen LogP contribution in [0.4, 0.5) is 0 Å². The van der Waals surface area contributed by atoms with Crippen LogP contribution < -0.4 is 10.6 Å². The van der Waals surface area contributed by atoms with E-state index in [0.29, 0.717) is 11.5 Å². The molecule has 0 fully saturated rings. The van der Waals surface area contributed by atoms with Gasteiger partial charge in [0.05, 0.1) is 6.07 Å². The molecule has 0 saturated carbocycles. The number of phenols is 1. The number of thioether (sulfide) groups is 1. The van der Waals surface area contributed by atoms with Crippen LogP contribution in [0, 0.1) is 11.3 Å². The summed E-state index contributed by atoms with van der Waals surface area (Å²) < 4.78 is 0. The van der Waals surface area contributed by atoms with Crippen LogP contribution in [0.15, 0.2) is 54.6 Å². The molecule has 0 aliphatic heterocycles. The molecule has 2 rings (SSSR count). The predicted octanol–water partition coefficient (Wildman–Crippen LogP) is 2.06. The van der Waals surface area contributed by atoms with Crippen LogP contribution >= 0.6 is 11.8 Å². The largest absolute Gasteiger partial charge is 0.508 e. The van der Waals surface area contributed by atoms with Crippen molar-refractivity contribution >= 4 is 23.6 Å². The molecule has 134 valence electrons. The molecule has 0 aliphatic carbocycles. The molecule has 3 N–H and O–H groups in total. The van der Waals surface area contributed by atoms with Crippen LogP contribution in [0.1, 0.15) is 15.9 Å². The number of nitrogens with zero attached hydrogens (tertiary/aromatic N) is 1. The smallest absolute Gasteiger partial charge is 0.252 e. The second kappa shape index (κ2) is 10.1. The third-order valence-corrected chi connectivity index (χ3v) is 4.57. The van der Waals surface area contributed by atoms with Gasteiger partial charge < -0.3 is 15.7 Å². The van der Waals surface area contributed by atoms with Crippen LogP contribution in [-0.4, -0.2) is 35.3 Å². The lowest BCUT2D eigenvalue weighted by atomic mass is 10.2. The molecule has 6 nitrogen and oxygen atoms in total. The van der Waals surface area contributed by atoms with Crippen molar-refractivity contribution in [2.24, 2.45) is 0 Å². The van der Waals surface area contributed by atoms with E-state index in [0.717, 1.165) is 5.56 Å². The van der Waals surface area contributed by atoms with Gasteiger partial charge in [0.1, 0.15) is 18.3 Å². The van der Waals surface area contributed by atoms with Crippen LogP contribution in [0.2, 0.25) is 0 Å². The molecule has 0 spiro atoms. The fourth-order valence-electron chi connectivity index (χ4n) is 2.19. The second-order valence-electron chi connectivity index (χ2n) is 5.45. The summed E-state index contributed by atoms with van der Waals surface area (Å²) in [5.41, 5.74) is 1.38. The fraction of sp³-hybridized carbons (Fsp3) is 0.211. The first-order valence-electron chi connectivity index (χ1n) is 7.96. The Balaban J connectivity index is 1.99. The molecule has 1 atom stereocenters. The van der Waals surface area contributed by atoms with Gasteiger partial charge in [-0.3, -0.25) is 9.59 Å². The monoisotopic (exact) mass is 369 g/mol. The number of benzene rings is 2. The van der Waals surface area contributed by atoms with Gasteiger partial charge >= 0.3 is 0 Å². The Hall–Kier alpha value is -2.98. The summed E-state index contributed by atoms with van der Waals surface area (Å²) in [5, 5.41) is 23.3. The number of hydrogen-bond acceptors (Lipinski definition) is 5. The van der Waals surface area contributed by atoms with Gasteiger partial charge in [0, 0.05) is 17.1 Å². The number of carbonyl (C=O) groups excluding carboxylic acids is 2. The fourth-order valence-corrected chi connectivity index (χ4v) is 3.21. The van der Waals surface area contributed by atoms with E-state index in [1.54, 1.807) is 12.1 Å². The number of carbonyl (C=O) groups is 2. The molecular formula is C19H19N3O3S. The molecular weight excluding hydrogens is 350 g/mol. The molecule has 0 bridgehead atoms. The molecule has 0 saturated heterocycles. The van der Waals surface area contributed by atoms with E-state index < -0.39 is 17.9 Å². The minimum Gasteiger partial charge on any atom is -0.508 e. The number of nitriles is 1. The van der Waals surface area contributed by atoms with Gasteiger partial charge in [-0.2, -0.15) is 17.0 Å². The number of rotatable bonds is 8. The summed E-state index contributed by atoms with van der Waals surface area (Å²) in [6.45, 7) is -0.124. The standard InChI is InChI=1S/C19H19N3O3S/c20-9-10-21-19(25)17(13-26-12-14-5-2-1-3-6-14)22-18(24)15-7-4-8-16(23)11-15/h1-8,11,17,23H,10,12-13H2,(H,21,25)(H,22,24)/t17-/m0/s1. The highest BCUT2D eigenvalue weighted by Gasteiger charge is 2.21. The second-order valence-corrected chi connectivity index (χ2v) is 6.48. The van der Waals surface area contributed by atoms with Gasteiger partial charge in [0.2, 0.25) is 5.91 Å². The van der Waals surface area contributed by atoms with Crippen LogP contribution in [0.25, 0.3) is 0 Å². The van der Waals surface area contributed by atoms with Crippen LogP contribution in [0.5, 0.6) is 5.75 Å². The zero-order chi connectivity index (χ0) is 18.8. The molecule has 0 radical (unpaired) electrons. The quantitative estimate of drug-likeness (QED) is 0.618. The van der Waals surface area contributed by atoms with Gasteiger partial charge in [-0.15, -0.1) is 0 Å². The first kappa shape index (κ1) is 19.3. The maximum atomic E-state index is 12.3. The summed E-state index contributed by atoms with van der Waals surface area (Å²) in [6.07, 6.45) is 0. The van der Waals surface area contributed by atoms with Crippen LogP contribution in [0.3, 0.4) is 0 Å². The van der Waals surface area contributed by atoms with Crippen molar-refractivity contribution in [1.82, 2.24) is 10.6 Å². The summed E-state index contributed by atoms with van der Waals surface area (Å²) in [4.78, 5) is 24.6. The van der Waals surface area contributed by atoms with Gasteiger partial charge in [0.15, 0.2) is 0 Å². The number of hydrogen-bond donors (Lipinski definition) is 3. The third kappa shape index (κ3) is 6.15. The van der Waals surface area contributed by atoms with Crippen molar-refractivity contribution in [3.05, 3.63) is 65.7 Å². The maximum Gasteiger partial charge on any atom is 0.252 e. The summed E-state index contributed by atoms with van der Waals surface area (Å²) in [6, 6.07) is 16.7. The molecule has 7 heteroatoms. The highest BCUT2D eigenvalue weighted by atomic mass is 32.2. The van der Waals surface area contributed by atoms with E-state index in [9.17, 15) is 14.7 Å². The van der Waals surface area contributed by atoms with Crippen molar-refractivity contribution in [3.63, 3.8) is 0 Å². The van der Waals surface area contributed by atoms with Gasteiger partial charge in [0.25, 0.3) is 5.91 Å². The van der Waals surface area contributed by atoms with E-state index in [-0.39, 0.29) is 17.9 Å². The Morgan fingerprint density at radius 3 is 2.62 bits per heavy atom. The Bertz CT molecular complexity index is 790. The lowest BCUT2D eigenvalue weighted by Gasteiger charge is -2.17. The SMILES string of the molecule is N#CCNC(=O)[C@H](CSCc1ccccc1)NC(=O)c1cccc(O)c1. The van der Waals surface area contributed by atoms with E-state index in [1.807, 2.05) is 36.4 Å². The lowest BCUT2D eigenvalue weighted by molar-refractivity contribution is -0.122. The zero-order valence-electron chi connectivity index (χ0n) is 14.0. The molecule has 2 amide bonds. The predicted molar refractivity (Wildman–Crippen MR) is 101 cm³/mol. The average Bonchev–Trinajstić information content (AvgIpc) is 2.66. The Kier molecular flexibility index (Phi) is 7.52. The molecule has 2 aromatic rings. The summed E-state index contributed by atoms with van der Waals surface area (Å²) in [5.74, 6) is 0.155. The molecule has 0 unspecified atom stereocenters. The average molecular weight is 369 g/mol. The van der Waals surface area contributed by atoms with Crippen molar-refractivity contribution in [2.45, 2.75) is 11.8 Å². The van der Waals surface area contributed by atoms with Crippen molar-refractivity contribution < 1.29 is 14.7 Å². The Morgan fingerprint density at radius 2 is 1.92 bits per heavy atom. The first-order chi connectivity index (χ1) is 12.6. The lowest BCUT2D eigenvalue weighted by Crippen LogP contribution is -2.48. The van der Waals surface area contributed by atoms with Gasteiger partial charge in [-0.25, -0.2) is 0 Å². The molecule has 0 heterocycles. The van der Waals surface area contributed by atoms with E-state index >= 15 is 0 Å². The van der Waals surface area contributed by atoms with Gasteiger partial charge in [-0.05, 0) is 23.8 Å². The van der Waals surface area contributed by atoms with E-state index in [4.69, 9.17) is 5.26 Å². The summed E-state index contributed by atoms with van der Waals surface area (Å²) >= 11 is 1.51. The normalized spacial score (nSPS) is 11.2. The third-order valence-electron chi connectivity index (χ3n) is 3.47. The minimum absolute atomic E-state index is 0.0263. The maximum absolute atomic E-state index is 12.3. The number of nitrogens with one attached hydrogen (secondary N) is 2. The van der Waals surface area contributed by atoms with Gasteiger partial charge in [-0.1, -0.05) is 36.4 Å². The molecule has 0 aromatic heterocycles. The van der Waals surface area contributed by atoms with E-state index in [1.165, 1.54) is 23.9 Å². The molecule has 2 aromatic carbocycles.